The highest BCUT2D eigenvalue weighted by atomic mass is 35.5. The summed E-state index contributed by atoms with van der Waals surface area (Å²) >= 11 is 11.9. The third kappa shape index (κ3) is 5.28. The Morgan fingerprint density at radius 1 is 1.04 bits per heavy atom. The number of benzene rings is 2. The summed E-state index contributed by atoms with van der Waals surface area (Å²) in [7, 11) is 3.15. The van der Waals surface area contributed by atoms with Gasteiger partial charge >= 0.3 is 0 Å². The zero-order chi connectivity index (χ0) is 18.4. The molecule has 0 aliphatic rings. The number of rotatable bonds is 7. The molecule has 0 saturated carbocycles. The molecule has 0 atom stereocenters. The SMILES string of the molecule is COc1cc(C)c(NC(=O)CCCc2ccc(Cl)c(Cl)c2)cc1OC. The molecule has 25 heavy (non-hydrogen) atoms. The fourth-order valence-electron chi connectivity index (χ4n) is 2.48. The number of nitrogens with one attached hydrogen (secondary N) is 1. The van der Waals surface area contributed by atoms with Gasteiger partial charge in [0.15, 0.2) is 11.5 Å². The Morgan fingerprint density at radius 3 is 2.36 bits per heavy atom. The minimum atomic E-state index is -0.0459. The van der Waals surface area contributed by atoms with Gasteiger partial charge in [0.1, 0.15) is 0 Å². The average molecular weight is 382 g/mol. The van der Waals surface area contributed by atoms with E-state index in [1.807, 2.05) is 25.1 Å². The van der Waals surface area contributed by atoms with Crippen molar-refractivity contribution in [1.29, 1.82) is 0 Å². The summed E-state index contributed by atoms with van der Waals surface area (Å²) in [6, 6.07) is 9.13. The predicted octanol–water partition coefficient (Wildman–Crippen LogP) is 5.28. The van der Waals surface area contributed by atoms with Crippen LogP contribution in [0.3, 0.4) is 0 Å². The Kier molecular flexibility index (Phi) is 6.97. The predicted molar refractivity (Wildman–Crippen MR) is 102 cm³/mol. The van der Waals surface area contributed by atoms with Crippen molar-refractivity contribution >= 4 is 34.8 Å². The minimum absolute atomic E-state index is 0.0459. The van der Waals surface area contributed by atoms with Gasteiger partial charge in [0.05, 0.1) is 24.3 Å². The highest BCUT2D eigenvalue weighted by molar-refractivity contribution is 6.42. The van der Waals surface area contributed by atoms with Gasteiger partial charge in [-0.15, -0.1) is 0 Å². The van der Waals surface area contributed by atoms with E-state index in [9.17, 15) is 4.79 Å². The summed E-state index contributed by atoms with van der Waals surface area (Å²) in [4.78, 5) is 12.2. The van der Waals surface area contributed by atoms with Crippen molar-refractivity contribution in [2.45, 2.75) is 26.2 Å². The molecule has 2 rings (SSSR count). The maximum absolute atomic E-state index is 12.2. The molecular formula is C19H21Cl2NO3. The Labute approximate surface area is 158 Å². The first-order chi connectivity index (χ1) is 11.9. The molecule has 0 aromatic heterocycles. The van der Waals surface area contributed by atoms with Crippen molar-refractivity contribution in [3.05, 3.63) is 51.5 Å². The number of amides is 1. The molecule has 0 saturated heterocycles. The molecule has 2 aromatic carbocycles. The van der Waals surface area contributed by atoms with Crippen LogP contribution in [0.25, 0.3) is 0 Å². The summed E-state index contributed by atoms with van der Waals surface area (Å²) in [6.07, 6.45) is 1.89. The second kappa shape index (κ2) is 8.97. The number of hydrogen-bond donors (Lipinski definition) is 1. The van der Waals surface area contributed by atoms with Gasteiger partial charge in [-0.05, 0) is 49.1 Å². The number of halogens is 2. The normalized spacial score (nSPS) is 10.4. The molecule has 0 spiro atoms. The molecule has 6 heteroatoms. The molecule has 0 aliphatic carbocycles. The van der Waals surface area contributed by atoms with Crippen LogP contribution in [0.4, 0.5) is 5.69 Å². The standard InChI is InChI=1S/C19H21Cl2NO3/c1-12-9-17(24-2)18(25-3)11-16(12)22-19(23)6-4-5-13-7-8-14(20)15(21)10-13/h7-11H,4-6H2,1-3H3,(H,22,23). The topological polar surface area (TPSA) is 47.6 Å². The minimum Gasteiger partial charge on any atom is -0.493 e. The maximum Gasteiger partial charge on any atom is 0.224 e. The third-order valence-corrected chi connectivity index (χ3v) is 4.60. The number of carbonyl (C=O) groups excluding carboxylic acids is 1. The lowest BCUT2D eigenvalue weighted by Crippen LogP contribution is -2.12. The summed E-state index contributed by atoms with van der Waals surface area (Å²) in [5.74, 6) is 1.17. The van der Waals surface area contributed by atoms with Crippen LogP contribution in [0.15, 0.2) is 30.3 Å². The summed E-state index contributed by atoms with van der Waals surface area (Å²) in [5.41, 5.74) is 2.69. The van der Waals surface area contributed by atoms with Crippen LogP contribution in [0.2, 0.25) is 10.0 Å². The number of ether oxygens (including phenoxy) is 2. The Bertz CT molecular complexity index is 763. The first-order valence-corrected chi connectivity index (χ1v) is 8.66. The van der Waals surface area contributed by atoms with Crippen molar-refractivity contribution in [1.82, 2.24) is 0 Å². The van der Waals surface area contributed by atoms with Gasteiger partial charge < -0.3 is 14.8 Å². The Morgan fingerprint density at radius 2 is 1.72 bits per heavy atom. The van der Waals surface area contributed by atoms with Gasteiger partial charge in [-0.2, -0.15) is 0 Å². The van der Waals surface area contributed by atoms with Gasteiger partial charge in [0.2, 0.25) is 5.91 Å². The molecule has 0 unspecified atom stereocenters. The summed E-state index contributed by atoms with van der Waals surface area (Å²) in [5, 5.41) is 3.99. The lowest BCUT2D eigenvalue weighted by molar-refractivity contribution is -0.116. The molecule has 0 bridgehead atoms. The number of anilines is 1. The largest absolute Gasteiger partial charge is 0.493 e. The highest BCUT2D eigenvalue weighted by Gasteiger charge is 2.11. The molecule has 0 fully saturated rings. The van der Waals surface area contributed by atoms with Crippen LogP contribution in [0, 0.1) is 6.92 Å². The third-order valence-electron chi connectivity index (χ3n) is 3.86. The van der Waals surface area contributed by atoms with E-state index >= 15 is 0 Å². The van der Waals surface area contributed by atoms with E-state index in [1.165, 1.54) is 0 Å². The van der Waals surface area contributed by atoms with Crippen molar-refractivity contribution in [2.75, 3.05) is 19.5 Å². The number of hydrogen-bond acceptors (Lipinski definition) is 3. The van der Waals surface area contributed by atoms with Crippen LogP contribution in [-0.4, -0.2) is 20.1 Å². The summed E-state index contributed by atoms with van der Waals surface area (Å²) in [6.45, 7) is 1.91. The Hall–Kier alpha value is -1.91. The number of aryl methyl sites for hydroxylation is 2. The molecule has 4 nitrogen and oxygen atoms in total. The van der Waals surface area contributed by atoms with Gasteiger partial charge in [0.25, 0.3) is 0 Å². The van der Waals surface area contributed by atoms with Crippen LogP contribution >= 0.6 is 23.2 Å². The first-order valence-electron chi connectivity index (χ1n) is 7.91. The molecule has 1 amide bonds. The second-order valence-corrected chi connectivity index (χ2v) is 6.49. The van der Waals surface area contributed by atoms with E-state index in [0.29, 0.717) is 28.0 Å². The van der Waals surface area contributed by atoms with Crippen molar-refractivity contribution in [3.63, 3.8) is 0 Å². The van der Waals surface area contributed by atoms with E-state index < -0.39 is 0 Å². The van der Waals surface area contributed by atoms with Crippen molar-refractivity contribution in [2.24, 2.45) is 0 Å². The van der Waals surface area contributed by atoms with E-state index in [0.717, 1.165) is 29.7 Å². The molecule has 134 valence electrons. The monoisotopic (exact) mass is 381 g/mol. The molecule has 0 radical (unpaired) electrons. The van der Waals surface area contributed by atoms with Crippen molar-refractivity contribution < 1.29 is 14.3 Å². The van der Waals surface area contributed by atoms with E-state index in [4.69, 9.17) is 32.7 Å². The van der Waals surface area contributed by atoms with E-state index in [1.54, 1.807) is 26.4 Å². The lowest BCUT2D eigenvalue weighted by atomic mass is 10.1. The van der Waals surface area contributed by atoms with Crippen LogP contribution in [0.1, 0.15) is 24.0 Å². The van der Waals surface area contributed by atoms with E-state index in [-0.39, 0.29) is 5.91 Å². The van der Waals surface area contributed by atoms with Crippen LogP contribution in [-0.2, 0) is 11.2 Å². The number of carbonyl (C=O) groups is 1. The first kappa shape index (κ1) is 19.4. The van der Waals surface area contributed by atoms with Crippen molar-refractivity contribution in [3.8, 4) is 11.5 Å². The highest BCUT2D eigenvalue weighted by Crippen LogP contribution is 2.33. The van der Waals surface area contributed by atoms with Gasteiger partial charge in [-0.25, -0.2) is 0 Å². The molecule has 2 aromatic rings. The van der Waals surface area contributed by atoms with Gasteiger partial charge in [0, 0.05) is 18.2 Å². The molecule has 0 aliphatic heterocycles. The molecule has 1 N–H and O–H groups in total. The average Bonchev–Trinajstić information content (AvgIpc) is 2.59. The zero-order valence-electron chi connectivity index (χ0n) is 14.5. The fourth-order valence-corrected chi connectivity index (χ4v) is 2.80. The second-order valence-electron chi connectivity index (χ2n) is 5.67. The zero-order valence-corrected chi connectivity index (χ0v) is 16.0. The van der Waals surface area contributed by atoms with Gasteiger partial charge in [-0.3, -0.25) is 4.79 Å². The fraction of sp³-hybridized carbons (Fsp3) is 0.316. The summed E-state index contributed by atoms with van der Waals surface area (Å²) < 4.78 is 10.5. The quantitative estimate of drug-likeness (QED) is 0.709. The van der Waals surface area contributed by atoms with Crippen LogP contribution in [0.5, 0.6) is 11.5 Å². The smallest absolute Gasteiger partial charge is 0.224 e. The molecule has 0 heterocycles. The lowest BCUT2D eigenvalue weighted by Gasteiger charge is -2.13. The maximum atomic E-state index is 12.2. The number of methoxy groups -OCH3 is 2. The Balaban J connectivity index is 1.92. The van der Waals surface area contributed by atoms with E-state index in [2.05, 4.69) is 5.32 Å². The van der Waals surface area contributed by atoms with Gasteiger partial charge in [-0.1, -0.05) is 29.3 Å². The molecular weight excluding hydrogens is 361 g/mol. The van der Waals surface area contributed by atoms with Crippen LogP contribution < -0.4 is 14.8 Å².